The lowest BCUT2D eigenvalue weighted by Gasteiger charge is -2.11. The quantitative estimate of drug-likeness (QED) is 0.0461. The lowest BCUT2D eigenvalue weighted by molar-refractivity contribution is 0.392. The number of methoxy groups -OCH3 is 7. The monoisotopic (exact) mass is 1880 g/mol. The van der Waals surface area contributed by atoms with Crippen molar-refractivity contribution in [2.75, 3.05) is 49.8 Å². The van der Waals surface area contributed by atoms with Gasteiger partial charge in [0.1, 0.15) is 64.7 Å². The van der Waals surface area contributed by atoms with E-state index < -0.39 is 49.2 Å². The lowest BCUT2D eigenvalue weighted by Crippen LogP contribution is -2.08. The Morgan fingerprint density at radius 1 is 0.315 bits per heavy atom. The van der Waals surface area contributed by atoms with Gasteiger partial charge in [-0.05, 0) is 137 Å². The molecule has 3 aliphatic heterocycles. The Labute approximate surface area is 737 Å². The van der Waals surface area contributed by atoms with Crippen LogP contribution in [-0.2, 0) is 92.0 Å². The first-order valence-electron chi connectivity index (χ1n) is 37.3. The molecule has 15 rings (SSSR count). The van der Waals surface area contributed by atoms with Gasteiger partial charge in [0.25, 0.3) is 0 Å². The molecular weight excluding hydrogens is 1800 g/mol. The van der Waals surface area contributed by atoms with Gasteiger partial charge >= 0.3 is 0 Å². The van der Waals surface area contributed by atoms with E-state index in [1.54, 1.807) is 175 Å². The lowest BCUT2D eigenvalue weighted by atomic mass is 10.1. The summed E-state index contributed by atoms with van der Waals surface area (Å²) < 4.78 is 168. The van der Waals surface area contributed by atoms with Crippen LogP contribution < -0.4 is 33.2 Å². The van der Waals surface area contributed by atoms with Crippen LogP contribution in [0.3, 0.4) is 0 Å². The fraction of sp³-hybridized carbons (Fsp3) is 0.195. The molecule has 0 saturated carbocycles. The second-order valence-corrected chi connectivity index (χ2v) is 38.9. The molecule has 10 heterocycles. The molecular formula is C87H83BrCl2N12O17S5. The first-order chi connectivity index (χ1) is 59.3. The number of pyridine rings is 5. The van der Waals surface area contributed by atoms with Crippen molar-refractivity contribution in [1.82, 2.24) is 44.5 Å². The van der Waals surface area contributed by atoms with Gasteiger partial charge in [-0.25, -0.2) is 42.1 Å². The molecule has 0 atom stereocenters. The minimum Gasteiger partial charge on any atom is -0.497 e. The molecule has 644 valence electrons. The van der Waals surface area contributed by atoms with Gasteiger partial charge in [0.05, 0.1) is 108 Å². The topological polar surface area (TPSA) is 372 Å². The summed E-state index contributed by atoms with van der Waals surface area (Å²) in [6.45, 7) is 0. The van der Waals surface area contributed by atoms with Crippen LogP contribution in [0, 0.1) is 0 Å². The Bertz CT molecular complexity index is 6570. The number of sulfone groups is 5. The maximum absolute atomic E-state index is 12.9. The zero-order chi connectivity index (χ0) is 88.9. The normalized spacial score (nSPS) is 12.8. The van der Waals surface area contributed by atoms with Gasteiger partial charge in [0.15, 0.2) is 49.2 Å². The molecule has 7 aromatic heterocycles. The highest BCUT2D eigenvalue weighted by atomic mass is 79.9. The number of nitrogens with zero attached hydrogens (tertiary/aromatic N) is 12. The smallest absolute Gasteiger partial charge is 0.186 e. The average Bonchev–Trinajstić information content (AvgIpc) is 1.25. The third-order valence-corrected chi connectivity index (χ3v) is 27.9. The standard InChI is InChI=1S/C18H19N3O4S.C18H18N2O4S.C17H15BrN2O3S.C17H16ClN3O3S.C17H15ClN2O3S/c1-21-11-15(10-20-21)14-6-13(8-19-9-14)12-26(22,23)18-7-16(24-2)4-5-17(18)25-3;1-23-15-5-6-17(24-2)18(9-15)25(21,22)12-13-8-14(11-19-10-13)16-4-3-7-20-16;1-23-16-5-4-14(18)8-17(16)24(21,22)11-12-7-13(10-19-9-12)15-3-2-6-20-15;1-21-10-14(9-20-21)13-5-12(7-19-8-13)11-25(22,23)17-6-15(18)3-4-16(17)24-2;1-23-16-5-4-14(18)8-17(16)24(21,22)11-12-7-13(10-19-9-12)15-3-2-6-20-15/h4-11H,12H2,1-3H3;4-11H,3,12H2,1-2H3;3-10H,2,11H2,1H3;3-10H,11H2,1-2H3;3-10H,2,11H2,1H3. The molecule has 0 aliphatic carbocycles. The van der Waals surface area contributed by atoms with Crippen LogP contribution >= 0.6 is 39.1 Å². The van der Waals surface area contributed by atoms with Crippen molar-refractivity contribution >= 4 is 124 Å². The van der Waals surface area contributed by atoms with Crippen molar-refractivity contribution < 1.29 is 75.2 Å². The summed E-state index contributed by atoms with van der Waals surface area (Å²) in [6.07, 6.45) is 36.9. The summed E-state index contributed by atoms with van der Waals surface area (Å²) in [5.74, 6) is 1.40. The number of aryl methyl sites for hydroxylation is 2. The highest BCUT2D eigenvalue weighted by Crippen LogP contribution is 2.38. The van der Waals surface area contributed by atoms with Gasteiger partial charge in [0, 0.05) is 192 Å². The summed E-state index contributed by atoms with van der Waals surface area (Å²) in [5, 5.41) is 8.92. The first-order valence-corrected chi connectivity index (χ1v) is 47.1. The van der Waals surface area contributed by atoms with Gasteiger partial charge in [-0.15, -0.1) is 0 Å². The first kappa shape index (κ1) is 92.6. The predicted octanol–water partition coefficient (Wildman–Crippen LogP) is 15.7. The summed E-state index contributed by atoms with van der Waals surface area (Å²) in [6, 6.07) is 32.4. The second-order valence-electron chi connectivity index (χ2n) is 27.3. The molecule has 12 aromatic rings. The molecule has 0 N–H and O–H groups in total. The van der Waals surface area contributed by atoms with Crippen LogP contribution in [0.2, 0.25) is 10.0 Å². The van der Waals surface area contributed by atoms with E-state index in [9.17, 15) is 42.1 Å². The third kappa shape index (κ3) is 24.5. The number of ether oxygens (including phenoxy) is 7. The summed E-state index contributed by atoms with van der Waals surface area (Å²) in [4.78, 5) is 34.0. The molecule has 124 heavy (non-hydrogen) atoms. The SMILES string of the molecule is COc1ccc(Br)cc1S(=O)(=O)Cc1cncc(C2=CCC=N2)c1.COc1ccc(Cl)cc1S(=O)(=O)Cc1cncc(-c2cnn(C)c2)c1.COc1ccc(Cl)cc1S(=O)(=O)Cc1cncc(C2=CCC=N2)c1.COc1ccc(OC)c(S(=O)(=O)Cc2cncc(-c3cnn(C)c3)c2)c1.COc1ccc(OC)c(S(=O)(=O)Cc2cncc(C3=CCC=N3)c2)c1. The van der Waals surface area contributed by atoms with Crippen LogP contribution in [0.15, 0.2) is 270 Å². The molecule has 37 heteroatoms. The molecule has 0 unspecified atom stereocenters. The van der Waals surface area contributed by atoms with Crippen LogP contribution in [0.4, 0.5) is 0 Å². The van der Waals surface area contributed by atoms with Gasteiger partial charge in [-0.2, -0.15) is 10.2 Å². The van der Waals surface area contributed by atoms with Crippen molar-refractivity contribution in [3.05, 3.63) is 285 Å². The molecule has 3 aliphatic rings. The summed E-state index contributed by atoms with van der Waals surface area (Å²) in [5.41, 5.74) is 11.1. The number of aromatic nitrogens is 9. The number of benzene rings is 5. The zero-order valence-electron chi connectivity index (χ0n) is 68.2. The van der Waals surface area contributed by atoms with E-state index in [0.717, 1.165) is 75.3 Å². The van der Waals surface area contributed by atoms with Gasteiger partial charge in [0.2, 0.25) is 0 Å². The number of rotatable bonds is 27. The minimum atomic E-state index is -3.65. The third-order valence-electron chi connectivity index (χ3n) is 18.5. The highest BCUT2D eigenvalue weighted by molar-refractivity contribution is 9.10. The van der Waals surface area contributed by atoms with Crippen LogP contribution in [0.25, 0.3) is 39.3 Å². The number of hydrogen-bond donors (Lipinski definition) is 0. The van der Waals surface area contributed by atoms with Crippen molar-refractivity contribution in [2.24, 2.45) is 29.1 Å². The minimum absolute atomic E-state index is 0.0641. The molecule has 0 spiro atoms. The Morgan fingerprint density at radius 3 is 0.847 bits per heavy atom. The molecule has 0 fully saturated rings. The fourth-order valence-electron chi connectivity index (χ4n) is 12.6. The molecule has 0 bridgehead atoms. The molecule has 29 nitrogen and oxygen atoms in total. The van der Waals surface area contributed by atoms with Gasteiger partial charge in [-0.1, -0.05) is 57.4 Å². The van der Waals surface area contributed by atoms with Crippen LogP contribution in [0.5, 0.6) is 40.2 Å². The van der Waals surface area contributed by atoms with E-state index in [1.165, 1.54) is 86.4 Å². The molecule has 0 amide bonds. The summed E-state index contributed by atoms with van der Waals surface area (Å²) in [7, 11) is -4.34. The Morgan fingerprint density at radius 2 is 0.581 bits per heavy atom. The second kappa shape index (κ2) is 41.9. The predicted molar refractivity (Wildman–Crippen MR) is 479 cm³/mol. The Hall–Kier alpha value is -12.1. The van der Waals surface area contributed by atoms with Crippen molar-refractivity contribution in [3.63, 3.8) is 0 Å². The van der Waals surface area contributed by atoms with Crippen LogP contribution in [0.1, 0.15) is 63.8 Å². The number of aliphatic imine (C=N–C) groups is 3. The molecule has 0 radical (unpaired) electrons. The van der Waals surface area contributed by atoms with Crippen molar-refractivity contribution in [3.8, 4) is 62.5 Å². The van der Waals surface area contributed by atoms with Crippen LogP contribution in [-0.4, -0.2) is 155 Å². The van der Waals surface area contributed by atoms with E-state index >= 15 is 0 Å². The fourth-order valence-corrected chi connectivity index (χ4v) is 21.2. The molecule has 5 aromatic carbocycles. The molecule has 0 saturated heterocycles. The van der Waals surface area contributed by atoms with Crippen molar-refractivity contribution in [1.29, 1.82) is 0 Å². The van der Waals surface area contributed by atoms with E-state index in [1.807, 2.05) is 57.0 Å². The van der Waals surface area contributed by atoms with Gasteiger partial charge < -0.3 is 33.2 Å². The zero-order valence-corrected chi connectivity index (χ0v) is 75.4. The average molecular weight is 1880 g/mol. The van der Waals surface area contributed by atoms with Gasteiger partial charge in [-0.3, -0.25) is 49.3 Å². The number of hydrogen-bond acceptors (Lipinski definition) is 27. The summed E-state index contributed by atoms with van der Waals surface area (Å²) >= 11 is 15.2. The van der Waals surface area contributed by atoms with E-state index in [2.05, 4.69) is 66.0 Å². The van der Waals surface area contributed by atoms with E-state index in [-0.39, 0.29) is 76.2 Å². The number of allylic oxidation sites excluding steroid dienone is 3. The Balaban J connectivity index is 0.000000151. The van der Waals surface area contributed by atoms with E-state index in [4.69, 9.17) is 56.4 Å². The van der Waals surface area contributed by atoms with E-state index in [0.29, 0.717) is 59.6 Å². The maximum Gasteiger partial charge on any atom is 0.186 e. The number of halogens is 3. The maximum atomic E-state index is 12.9. The highest BCUT2D eigenvalue weighted by Gasteiger charge is 2.28. The Kier molecular flexibility index (Phi) is 31.3. The van der Waals surface area contributed by atoms with Crippen molar-refractivity contribution in [2.45, 2.75) is 72.5 Å². The largest absolute Gasteiger partial charge is 0.497 e.